The number of pyridine rings is 1. The molecular formula is C24H26N6OS. The van der Waals surface area contributed by atoms with Crippen LogP contribution in [0.4, 0.5) is 5.13 Å². The van der Waals surface area contributed by atoms with Crippen LogP contribution in [0.1, 0.15) is 46.4 Å². The first-order valence-electron chi connectivity index (χ1n) is 10.8. The van der Waals surface area contributed by atoms with E-state index in [1.165, 1.54) is 10.4 Å². The van der Waals surface area contributed by atoms with Crippen LogP contribution in [0.3, 0.4) is 0 Å². The maximum Gasteiger partial charge on any atom is 0.258 e. The fourth-order valence-electron chi connectivity index (χ4n) is 4.00. The largest absolute Gasteiger partial charge is 0.301 e. The third kappa shape index (κ3) is 3.80. The second kappa shape index (κ2) is 8.11. The SMILES string of the molecule is Cc1ccc(-c2cc(C(=O)Nc3nc4c(s3)CN(C)CC4)c3cnn(C(C)C)c3n2)cc1. The van der Waals surface area contributed by atoms with Crippen molar-refractivity contribution in [2.45, 2.75) is 39.8 Å². The van der Waals surface area contributed by atoms with Crippen LogP contribution in [0.2, 0.25) is 0 Å². The molecule has 0 radical (unpaired) electrons. The Hall–Kier alpha value is -3.10. The van der Waals surface area contributed by atoms with E-state index in [0.717, 1.165) is 41.8 Å². The van der Waals surface area contributed by atoms with Gasteiger partial charge in [-0.15, -0.1) is 11.3 Å². The number of hydrogen-bond acceptors (Lipinski definition) is 6. The number of hydrogen-bond donors (Lipinski definition) is 1. The summed E-state index contributed by atoms with van der Waals surface area (Å²) in [6.45, 7) is 8.04. The number of rotatable bonds is 4. The minimum absolute atomic E-state index is 0.131. The van der Waals surface area contributed by atoms with Crippen LogP contribution < -0.4 is 5.32 Å². The monoisotopic (exact) mass is 446 g/mol. The van der Waals surface area contributed by atoms with Crippen molar-refractivity contribution >= 4 is 33.4 Å². The molecule has 4 heterocycles. The highest BCUT2D eigenvalue weighted by molar-refractivity contribution is 7.15. The topological polar surface area (TPSA) is 75.9 Å². The van der Waals surface area contributed by atoms with Gasteiger partial charge >= 0.3 is 0 Å². The molecule has 7 nitrogen and oxygen atoms in total. The second-order valence-corrected chi connectivity index (χ2v) is 9.76. The van der Waals surface area contributed by atoms with E-state index in [2.05, 4.69) is 60.3 Å². The summed E-state index contributed by atoms with van der Waals surface area (Å²) in [4.78, 5) is 26.4. The lowest BCUT2D eigenvalue weighted by molar-refractivity contribution is 0.102. The Morgan fingerprint density at radius 1 is 1.19 bits per heavy atom. The standard InChI is InChI=1S/C24H26N6OS/c1-14(2)30-22-18(12-25-30)17(11-20(26-22)16-7-5-15(3)6-8-16)23(31)28-24-27-19-9-10-29(4)13-21(19)32-24/h5-8,11-12,14H,9-10,13H2,1-4H3,(H,27,28,31). The molecule has 8 heteroatoms. The van der Waals surface area contributed by atoms with Gasteiger partial charge in [-0.05, 0) is 33.9 Å². The lowest BCUT2D eigenvalue weighted by atomic mass is 10.1. The quantitative estimate of drug-likeness (QED) is 0.492. The molecule has 0 unspecified atom stereocenters. The van der Waals surface area contributed by atoms with E-state index < -0.39 is 0 Å². The summed E-state index contributed by atoms with van der Waals surface area (Å²) in [5.74, 6) is -0.187. The van der Waals surface area contributed by atoms with Crippen LogP contribution in [-0.2, 0) is 13.0 Å². The molecule has 1 aromatic carbocycles. The lowest BCUT2D eigenvalue weighted by Gasteiger charge is -2.20. The molecule has 0 bridgehead atoms. The molecule has 1 N–H and O–H groups in total. The van der Waals surface area contributed by atoms with Crippen LogP contribution in [0.25, 0.3) is 22.3 Å². The number of amides is 1. The smallest absolute Gasteiger partial charge is 0.258 e. The zero-order valence-electron chi connectivity index (χ0n) is 18.7. The van der Waals surface area contributed by atoms with Crippen molar-refractivity contribution in [2.24, 2.45) is 0 Å². The Bertz CT molecular complexity index is 1300. The van der Waals surface area contributed by atoms with Gasteiger partial charge in [0.25, 0.3) is 5.91 Å². The van der Waals surface area contributed by atoms with Gasteiger partial charge in [0, 0.05) is 36.0 Å². The first-order chi connectivity index (χ1) is 15.4. The van der Waals surface area contributed by atoms with Gasteiger partial charge in [-0.1, -0.05) is 29.8 Å². The summed E-state index contributed by atoms with van der Waals surface area (Å²) in [5, 5.41) is 8.93. The van der Waals surface area contributed by atoms with Gasteiger partial charge in [0.2, 0.25) is 0 Å². The van der Waals surface area contributed by atoms with Crippen molar-refractivity contribution in [3.63, 3.8) is 0 Å². The van der Waals surface area contributed by atoms with Gasteiger partial charge in [0.1, 0.15) is 0 Å². The first kappa shape index (κ1) is 20.8. The molecular weight excluding hydrogens is 420 g/mol. The second-order valence-electron chi connectivity index (χ2n) is 8.67. The molecule has 0 fully saturated rings. The number of fused-ring (bicyclic) bond motifs is 2. The number of benzene rings is 1. The Morgan fingerprint density at radius 3 is 2.72 bits per heavy atom. The van der Waals surface area contributed by atoms with Crippen LogP contribution in [0, 0.1) is 6.92 Å². The number of thiazole rings is 1. The summed E-state index contributed by atoms with van der Waals surface area (Å²) < 4.78 is 1.86. The maximum absolute atomic E-state index is 13.4. The van der Waals surface area contributed by atoms with Crippen molar-refractivity contribution in [1.82, 2.24) is 24.6 Å². The number of aryl methyl sites for hydroxylation is 1. The van der Waals surface area contributed by atoms with Crippen molar-refractivity contribution in [3.8, 4) is 11.3 Å². The molecule has 1 aliphatic heterocycles. The Labute approximate surface area is 191 Å². The molecule has 4 aromatic rings. The van der Waals surface area contributed by atoms with Crippen LogP contribution in [0.15, 0.2) is 36.5 Å². The van der Waals surface area contributed by atoms with E-state index in [0.29, 0.717) is 16.3 Å². The van der Waals surface area contributed by atoms with Gasteiger partial charge in [-0.25, -0.2) is 14.6 Å². The highest BCUT2D eigenvalue weighted by Gasteiger charge is 2.22. The molecule has 1 aliphatic rings. The van der Waals surface area contributed by atoms with Gasteiger partial charge in [-0.3, -0.25) is 10.1 Å². The van der Waals surface area contributed by atoms with E-state index in [-0.39, 0.29) is 11.9 Å². The summed E-state index contributed by atoms with van der Waals surface area (Å²) in [7, 11) is 2.10. The Kier molecular flexibility index (Phi) is 5.27. The van der Waals surface area contributed by atoms with Gasteiger partial charge in [-0.2, -0.15) is 5.10 Å². The number of anilines is 1. The van der Waals surface area contributed by atoms with Crippen molar-refractivity contribution in [2.75, 3.05) is 18.9 Å². The molecule has 1 amide bonds. The molecule has 5 rings (SSSR count). The molecule has 0 saturated heterocycles. The number of likely N-dealkylation sites (N-methyl/N-ethyl adjacent to an activating group) is 1. The van der Waals surface area contributed by atoms with Gasteiger partial charge in [0.05, 0.1) is 28.5 Å². The van der Waals surface area contributed by atoms with Crippen LogP contribution >= 0.6 is 11.3 Å². The van der Waals surface area contributed by atoms with Gasteiger partial charge in [0.15, 0.2) is 10.8 Å². The molecule has 0 atom stereocenters. The zero-order chi connectivity index (χ0) is 22.4. The van der Waals surface area contributed by atoms with E-state index >= 15 is 0 Å². The maximum atomic E-state index is 13.4. The fraction of sp³-hybridized carbons (Fsp3) is 0.333. The number of aromatic nitrogens is 4. The van der Waals surface area contributed by atoms with Crippen LogP contribution in [0.5, 0.6) is 0 Å². The summed E-state index contributed by atoms with van der Waals surface area (Å²) >= 11 is 1.56. The molecule has 32 heavy (non-hydrogen) atoms. The fourth-order valence-corrected chi connectivity index (χ4v) is 5.08. The summed E-state index contributed by atoms with van der Waals surface area (Å²) in [6, 6.07) is 10.2. The minimum atomic E-state index is -0.187. The number of nitrogens with one attached hydrogen (secondary N) is 1. The van der Waals surface area contributed by atoms with Crippen molar-refractivity contribution < 1.29 is 4.79 Å². The molecule has 0 spiro atoms. The zero-order valence-corrected chi connectivity index (χ0v) is 19.5. The molecule has 164 valence electrons. The predicted molar refractivity (Wildman–Crippen MR) is 128 cm³/mol. The summed E-state index contributed by atoms with van der Waals surface area (Å²) in [6.07, 6.45) is 2.65. The average Bonchev–Trinajstić information content (AvgIpc) is 3.36. The van der Waals surface area contributed by atoms with Crippen molar-refractivity contribution in [1.29, 1.82) is 0 Å². The number of nitrogens with zero attached hydrogens (tertiary/aromatic N) is 5. The first-order valence-corrected chi connectivity index (χ1v) is 11.6. The van der Waals surface area contributed by atoms with Crippen LogP contribution in [-0.4, -0.2) is 44.1 Å². The highest BCUT2D eigenvalue weighted by atomic mass is 32.1. The van der Waals surface area contributed by atoms with E-state index in [4.69, 9.17) is 4.98 Å². The van der Waals surface area contributed by atoms with E-state index in [1.807, 2.05) is 22.9 Å². The Morgan fingerprint density at radius 2 is 1.97 bits per heavy atom. The third-order valence-corrected chi connectivity index (χ3v) is 6.79. The van der Waals surface area contributed by atoms with Crippen molar-refractivity contribution in [3.05, 3.63) is 58.2 Å². The van der Waals surface area contributed by atoms with E-state index in [1.54, 1.807) is 17.5 Å². The molecule has 0 aliphatic carbocycles. The highest BCUT2D eigenvalue weighted by Crippen LogP contribution is 2.30. The summed E-state index contributed by atoms with van der Waals surface area (Å²) in [5.41, 5.74) is 5.27. The van der Waals surface area contributed by atoms with E-state index in [9.17, 15) is 4.79 Å². The lowest BCUT2D eigenvalue weighted by Crippen LogP contribution is -2.25. The molecule has 0 saturated carbocycles. The van der Waals surface area contributed by atoms with Gasteiger partial charge < -0.3 is 4.90 Å². The third-order valence-electron chi connectivity index (χ3n) is 5.79. The predicted octanol–water partition coefficient (Wildman–Crippen LogP) is 4.68. The average molecular weight is 447 g/mol. The normalized spacial score (nSPS) is 14.2. The minimum Gasteiger partial charge on any atom is -0.301 e. The Balaban J connectivity index is 1.56. The number of carbonyl (C=O) groups excluding carboxylic acids is 1. The molecule has 3 aromatic heterocycles. The number of carbonyl (C=O) groups is 1.